The number of urea groups is 1. The third kappa shape index (κ3) is 3.99. The van der Waals surface area contributed by atoms with Gasteiger partial charge in [0.2, 0.25) is 10.0 Å². The summed E-state index contributed by atoms with van der Waals surface area (Å²) in [4.78, 5) is 11.8. The zero-order chi connectivity index (χ0) is 17.3. The van der Waals surface area contributed by atoms with Gasteiger partial charge in [-0.05, 0) is 30.5 Å². The van der Waals surface area contributed by atoms with Crippen molar-refractivity contribution in [2.75, 3.05) is 25.4 Å². The van der Waals surface area contributed by atoms with Gasteiger partial charge in [0.1, 0.15) is 5.82 Å². The fourth-order valence-corrected chi connectivity index (χ4v) is 4.57. The van der Waals surface area contributed by atoms with Crippen molar-refractivity contribution in [1.82, 2.24) is 14.9 Å². The molecule has 2 atom stereocenters. The number of halogens is 2. The van der Waals surface area contributed by atoms with E-state index in [2.05, 4.69) is 10.6 Å². The maximum Gasteiger partial charge on any atom is 0.315 e. The summed E-state index contributed by atoms with van der Waals surface area (Å²) in [6, 6.07) is 4.28. The van der Waals surface area contributed by atoms with Crippen LogP contribution in [0.1, 0.15) is 24.3 Å². The number of amides is 2. The largest absolute Gasteiger partial charge is 0.337 e. The molecule has 6 nitrogen and oxygen atoms in total. The van der Waals surface area contributed by atoms with Crippen LogP contribution in [0.5, 0.6) is 0 Å². The van der Waals surface area contributed by atoms with Gasteiger partial charge < -0.3 is 10.6 Å². The Kier molecular flexibility index (Phi) is 4.98. The van der Waals surface area contributed by atoms with Gasteiger partial charge >= 0.3 is 6.03 Å². The Morgan fingerprint density at radius 1 is 1.42 bits per heavy atom. The molecule has 0 unspecified atom stereocenters. The number of nitrogens with zero attached hydrogens (tertiary/aromatic N) is 1. The van der Waals surface area contributed by atoms with E-state index in [4.69, 9.17) is 11.6 Å². The van der Waals surface area contributed by atoms with E-state index in [1.165, 1.54) is 16.4 Å². The Bertz CT molecular complexity index is 743. The van der Waals surface area contributed by atoms with Gasteiger partial charge in [-0.1, -0.05) is 17.7 Å². The van der Waals surface area contributed by atoms with Gasteiger partial charge in [-0.15, -0.1) is 0 Å². The molecule has 24 heavy (non-hydrogen) atoms. The highest BCUT2D eigenvalue weighted by atomic mass is 35.5. The Balaban J connectivity index is 1.41. The SMILES string of the molecule is O=C(NCCN1CCCS1(=O)=O)N[C@@H]1C[C@H]1c1ccc(Cl)c(F)c1. The normalized spacial score (nSPS) is 25.4. The minimum atomic E-state index is -3.13. The van der Waals surface area contributed by atoms with Gasteiger partial charge in [0, 0.05) is 31.6 Å². The number of benzene rings is 1. The second-order valence-electron chi connectivity index (χ2n) is 6.09. The maximum atomic E-state index is 13.4. The Labute approximate surface area is 145 Å². The highest BCUT2D eigenvalue weighted by Crippen LogP contribution is 2.41. The highest BCUT2D eigenvalue weighted by molar-refractivity contribution is 7.89. The number of rotatable bonds is 5. The van der Waals surface area contributed by atoms with E-state index in [-0.39, 0.29) is 41.9 Å². The standard InChI is InChI=1S/C15H19ClFN3O3S/c16-12-3-2-10(8-13(12)17)11-9-14(11)19-15(21)18-4-6-20-5-1-7-24(20,22)23/h2-3,8,11,14H,1,4-7,9H2,(H2,18,19,21)/t11-,14+/m0/s1. The summed E-state index contributed by atoms with van der Waals surface area (Å²) in [5.74, 6) is -0.196. The average Bonchev–Trinajstić information content (AvgIpc) is 3.19. The molecule has 1 saturated heterocycles. The van der Waals surface area contributed by atoms with Crippen molar-refractivity contribution >= 4 is 27.7 Å². The molecule has 1 heterocycles. The molecule has 9 heteroatoms. The number of hydrogen-bond acceptors (Lipinski definition) is 3. The van der Waals surface area contributed by atoms with E-state index in [9.17, 15) is 17.6 Å². The van der Waals surface area contributed by atoms with Crippen LogP contribution < -0.4 is 10.6 Å². The molecule has 1 aromatic carbocycles. The number of hydrogen-bond donors (Lipinski definition) is 2. The lowest BCUT2D eigenvalue weighted by Gasteiger charge is -2.14. The molecule has 132 valence electrons. The molecule has 1 aromatic rings. The summed E-state index contributed by atoms with van der Waals surface area (Å²) in [5, 5.41) is 5.55. The molecule has 0 radical (unpaired) electrons. The molecule has 1 saturated carbocycles. The smallest absolute Gasteiger partial charge is 0.315 e. The average molecular weight is 376 g/mol. The van der Waals surface area contributed by atoms with Crippen molar-refractivity contribution in [2.45, 2.75) is 24.8 Å². The van der Waals surface area contributed by atoms with Crippen LogP contribution in [0.15, 0.2) is 18.2 Å². The molecule has 2 N–H and O–H groups in total. The van der Waals surface area contributed by atoms with Crippen molar-refractivity contribution in [2.24, 2.45) is 0 Å². The van der Waals surface area contributed by atoms with Gasteiger partial charge in [0.05, 0.1) is 10.8 Å². The van der Waals surface area contributed by atoms with Crippen molar-refractivity contribution < 1.29 is 17.6 Å². The molecule has 1 aliphatic heterocycles. The number of sulfonamides is 1. The first kappa shape index (κ1) is 17.4. The van der Waals surface area contributed by atoms with Gasteiger partial charge in [-0.3, -0.25) is 0 Å². The number of nitrogens with one attached hydrogen (secondary N) is 2. The first-order chi connectivity index (χ1) is 11.4. The zero-order valence-corrected chi connectivity index (χ0v) is 14.5. The minimum absolute atomic E-state index is 0.0407. The van der Waals surface area contributed by atoms with Crippen LogP contribution in [-0.4, -0.2) is 50.2 Å². The molecule has 2 aliphatic rings. The lowest BCUT2D eigenvalue weighted by atomic mass is 10.1. The van der Waals surface area contributed by atoms with Crippen LogP contribution in [0.3, 0.4) is 0 Å². The van der Waals surface area contributed by atoms with Crippen molar-refractivity contribution in [3.63, 3.8) is 0 Å². The summed E-state index contributed by atoms with van der Waals surface area (Å²) in [7, 11) is -3.13. The summed E-state index contributed by atoms with van der Waals surface area (Å²) in [6.45, 7) is 1.06. The minimum Gasteiger partial charge on any atom is -0.337 e. The quantitative estimate of drug-likeness (QED) is 0.821. The van der Waals surface area contributed by atoms with Gasteiger partial charge in [-0.2, -0.15) is 0 Å². The van der Waals surface area contributed by atoms with Crippen molar-refractivity contribution in [3.05, 3.63) is 34.6 Å². The molecule has 0 bridgehead atoms. The van der Waals surface area contributed by atoms with Crippen LogP contribution in [0.2, 0.25) is 5.02 Å². The van der Waals surface area contributed by atoms with E-state index in [0.29, 0.717) is 13.0 Å². The van der Waals surface area contributed by atoms with Crippen LogP contribution in [0, 0.1) is 5.82 Å². The number of carbonyl (C=O) groups excluding carboxylic acids is 1. The van der Waals surface area contributed by atoms with E-state index >= 15 is 0 Å². The first-order valence-corrected chi connectivity index (χ1v) is 9.83. The first-order valence-electron chi connectivity index (χ1n) is 7.84. The molecule has 2 amide bonds. The second kappa shape index (κ2) is 6.85. The maximum absolute atomic E-state index is 13.4. The zero-order valence-electron chi connectivity index (χ0n) is 13.0. The van der Waals surface area contributed by atoms with Crippen LogP contribution in [0.4, 0.5) is 9.18 Å². The fourth-order valence-electron chi connectivity index (χ4n) is 2.92. The Morgan fingerprint density at radius 2 is 2.21 bits per heavy atom. The second-order valence-corrected chi connectivity index (χ2v) is 8.59. The van der Waals surface area contributed by atoms with Gasteiger partial charge in [0.25, 0.3) is 0 Å². The highest BCUT2D eigenvalue weighted by Gasteiger charge is 2.39. The Morgan fingerprint density at radius 3 is 2.88 bits per heavy atom. The monoisotopic (exact) mass is 375 g/mol. The van der Waals surface area contributed by atoms with E-state index in [1.54, 1.807) is 6.07 Å². The van der Waals surface area contributed by atoms with Crippen LogP contribution in [-0.2, 0) is 10.0 Å². The molecular formula is C15H19ClFN3O3S. The summed E-state index contributed by atoms with van der Waals surface area (Å²) >= 11 is 5.66. The topological polar surface area (TPSA) is 78.5 Å². The third-order valence-electron chi connectivity index (χ3n) is 4.33. The van der Waals surface area contributed by atoms with Gasteiger partial charge in [0.15, 0.2) is 0 Å². The van der Waals surface area contributed by atoms with Crippen molar-refractivity contribution in [3.8, 4) is 0 Å². The number of carbonyl (C=O) groups is 1. The summed E-state index contributed by atoms with van der Waals surface area (Å²) in [5.41, 5.74) is 0.811. The predicted molar refractivity (Wildman–Crippen MR) is 89.1 cm³/mol. The summed E-state index contributed by atoms with van der Waals surface area (Å²) < 4.78 is 38.1. The van der Waals surface area contributed by atoms with E-state index in [0.717, 1.165) is 12.0 Å². The molecule has 0 aromatic heterocycles. The fraction of sp³-hybridized carbons (Fsp3) is 0.533. The van der Waals surface area contributed by atoms with E-state index in [1.807, 2.05) is 0 Å². The lowest BCUT2D eigenvalue weighted by Crippen LogP contribution is -2.41. The predicted octanol–water partition coefficient (Wildman–Crippen LogP) is 1.67. The molecule has 1 aliphatic carbocycles. The van der Waals surface area contributed by atoms with Crippen LogP contribution in [0.25, 0.3) is 0 Å². The lowest BCUT2D eigenvalue weighted by molar-refractivity contribution is 0.239. The summed E-state index contributed by atoms with van der Waals surface area (Å²) in [6.07, 6.45) is 1.38. The molecule has 3 rings (SSSR count). The molecular weight excluding hydrogens is 357 g/mol. The van der Waals surface area contributed by atoms with Gasteiger partial charge in [-0.25, -0.2) is 21.9 Å². The molecule has 2 fully saturated rings. The molecule has 0 spiro atoms. The van der Waals surface area contributed by atoms with Crippen molar-refractivity contribution in [1.29, 1.82) is 0 Å². The van der Waals surface area contributed by atoms with E-state index < -0.39 is 15.8 Å². The van der Waals surface area contributed by atoms with Crippen LogP contribution >= 0.6 is 11.6 Å². The third-order valence-corrected chi connectivity index (χ3v) is 6.59. The Hall–Kier alpha value is -1.38.